The zero-order valence-corrected chi connectivity index (χ0v) is 10.6. The highest BCUT2D eigenvalue weighted by Crippen LogP contribution is 2.17. The Morgan fingerprint density at radius 2 is 2.29 bits per heavy atom. The number of hydrogen-bond acceptors (Lipinski definition) is 3. The third-order valence-electron chi connectivity index (χ3n) is 3.09. The van der Waals surface area contributed by atoms with E-state index >= 15 is 0 Å². The smallest absolute Gasteiger partial charge is 0.244 e. The highest BCUT2D eigenvalue weighted by Gasteiger charge is 2.22. The summed E-state index contributed by atoms with van der Waals surface area (Å²) in [5, 5.41) is 4.98. The molecule has 2 atom stereocenters. The van der Waals surface area contributed by atoms with Crippen LogP contribution in [0.5, 0.6) is 0 Å². The van der Waals surface area contributed by atoms with E-state index in [0.29, 0.717) is 0 Å². The number of rotatable bonds is 3. The van der Waals surface area contributed by atoms with Gasteiger partial charge in [-0.15, -0.1) is 11.3 Å². The zero-order chi connectivity index (χ0) is 12.1. The van der Waals surface area contributed by atoms with Gasteiger partial charge in [0.1, 0.15) is 0 Å². The molecule has 3 N–H and O–H groups in total. The summed E-state index contributed by atoms with van der Waals surface area (Å²) in [5.41, 5.74) is 5.98. The molecule has 0 spiro atoms. The molecule has 1 heterocycles. The first kappa shape index (κ1) is 12.3. The Morgan fingerprint density at radius 1 is 1.47 bits per heavy atom. The Morgan fingerprint density at radius 3 is 3.00 bits per heavy atom. The van der Waals surface area contributed by atoms with Crippen LogP contribution in [0.3, 0.4) is 0 Å². The van der Waals surface area contributed by atoms with Crippen LogP contribution in [0.25, 0.3) is 6.08 Å². The van der Waals surface area contributed by atoms with E-state index < -0.39 is 0 Å². The van der Waals surface area contributed by atoms with Crippen molar-refractivity contribution < 1.29 is 4.79 Å². The van der Waals surface area contributed by atoms with Crippen molar-refractivity contribution in [2.45, 2.75) is 37.8 Å². The van der Waals surface area contributed by atoms with Gasteiger partial charge < -0.3 is 11.1 Å². The average molecular weight is 250 g/mol. The minimum atomic E-state index is -0.0410. The Balaban J connectivity index is 1.84. The summed E-state index contributed by atoms with van der Waals surface area (Å²) in [6.45, 7) is 0. The molecule has 0 bridgehead atoms. The first-order chi connectivity index (χ1) is 8.25. The van der Waals surface area contributed by atoms with Crippen LogP contribution < -0.4 is 11.1 Å². The lowest BCUT2D eigenvalue weighted by molar-refractivity contribution is -0.117. The van der Waals surface area contributed by atoms with Gasteiger partial charge >= 0.3 is 0 Å². The Labute approximate surface area is 106 Å². The van der Waals surface area contributed by atoms with Crippen LogP contribution in [0.15, 0.2) is 23.6 Å². The molecular formula is C13H18N2OS. The average Bonchev–Trinajstić information content (AvgIpc) is 2.82. The predicted octanol–water partition coefficient (Wildman–Crippen LogP) is 2.15. The van der Waals surface area contributed by atoms with E-state index in [0.717, 1.165) is 24.1 Å². The van der Waals surface area contributed by atoms with Crippen molar-refractivity contribution in [3.05, 3.63) is 28.5 Å². The molecule has 0 radical (unpaired) electrons. The molecular weight excluding hydrogens is 232 g/mol. The van der Waals surface area contributed by atoms with E-state index in [1.807, 2.05) is 23.6 Å². The van der Waals surface area contributed by atoms with Gasteiger partial charge in [-0.3, -0.25) is 4.79 Å². The summed E-state index contributed by atoms with van der Waals surface area (Å²) >= 11 is 1.62. The molecule has 1 aliphatic carbocycles. The van der Waals surface area contributed by atoms with Gasteiger partial charge in [0.25, 0.3) is 0 Å². The van der Waals surface area contributed by atoms with Crippen molar-refractivity contribution in [3.63, 3.8) is 0 Å². The third-order valence-corrected chi connectivity index (χ3v) is 3.93. The van der Waals surface area contributed by atoms with Gasteiger partial charge in [-0.05, 0) is 30.4 Å². The molecule has 0 aliphatic heterocycles. The molecule has 92 valence electrons. The second-order valence-corrected chi connectivity index (χ2v) is 5.39. The Kier molecular flexibility index (Phi) is 4.34. The predicted molar refractivity (Wildman–Crippen MR) is 71.7 cm³/mol. The fraction of sp³-hybridized carbons (Fsp3) is 0.462. The molecule has 0 aromatic carbocycles. The number of nitrogens with one attached hydrogen (secondary N) is 1. The second-order valence-electron chi connectivity index (χ2n) is 4.41. The molecule has 1 aromatic heterocycles. The molecule has 1 saturated carbocycles. The fourth-order valence-corrected chi connectivity index (χ4v) is 2.73. The van der Waals surface area contributed by atoms with Gasteiger partial charge in [-0.25, -0.2) is 0 Å². The molecule has 1 aliphatic rings. The number of nitrogens with two attached hydrogens (primary N) is 1. The molecule has 3 nitrogen and oxygen atoms in total. The summed E-state index contributed by atoms with van der Waals surface area (Å²) in [6, 6.07) is 4.21. The molecule has 2 rings (SSSR count). The van der Waals surface area contributed by atoms with Crippen LogP contribution in [0.1, 0.15) is 30.6 Å². The van der Waals surface area contributed by atoms with E-state index in [9.17, 15) is 4.79 Å². The lowest BCUT2D eigenvalue weighted by atomic mass is 9.91. The highest BCUT2D eigenvalue weighted by atomic mass is 32.1. The number of hydrogen-bond donors (Lipinski definition) is 2. The first-order valence-electron chi connectivity index (χ1n) is 6.03. The summed E-state index contributed by atoms with van der Waals surface area (Å²) in [6.07, 6.45) is 7.78. The van der Waals surface area contributed by atoms with Crippen molar-refractivity contribution in [2.75, 3.05) is 0 Å². The molecule has 17 heavy (non-hydrogen) atoms. The van der Waals surface area contributed by atoms with E-state index in [1.54, 1.807) is 17.4 Å². The molecule has 0 saturated heterocycles. The van der Waals surface area contributed by atoms with Crippen LogP contribution in [-0.4, -0.2) is 18.0 Å². The normalized spacial score (nSPS) is 25.0. The number of thiophene rings is 1. The van der Waals surface area contributed by atoms with E-state index in [-0.39, 0.29) is 18.0 Å². The first-order valence-corrected chi connectivity index (χ1v) is 6.91. The molecule has 1 amide bonds. The maximum Gasteiger partial charge on any atom is 0.244 e. The van der Waals surface area contributed by atoms with Crippen molar-refractivity contribution in [3.8, 4) is 0 Å². The summed E-state index contributed by atoms with van der Waals surface area (Å²) < 4.78 is 0. The van der Waals surface area contributed by atoms with Crippen LogP contribution in [0.4, 0.5) is 0 Å². The monoisotopic (exact) mass is 250 g/mol. The maximum atomic E-state index is 11.7. The van der Waals surface area contributed by atoms with Gasteiger partial charge in [0.05, 0.1) is 0 Å². The third kappa shape index (κ3) is 3.68. The quantitative estimate of drug-likeness (QED) is 0.808. The van der Waals surface area contributed by atoms with Crippen LogP contribution in [0.2, 0.25) is 0 Å². The van der Waals surface area contributed by atoms with Gasteiger partial charge in [-0.2, -0.15) is 0 Å². The zero-order valence-electron chi connectivity index (χ0n) is 9.76. The summed E-state index contributed by atoms with van der Waals surface area (Å²) in [7, 11) is 0. The van der Waals surface area contributed by atoms with E-state index in [4.69, 9.17) is 5.73 Å². The lowest BCUT2D eigenvalue weighted by Crippen LogP contribution is -2.48. The van der Waals surface area contributed by atoms with Crippen molar-refractivity contribution >= 4 is 23.3 Å². The van der Waals surface area contributed by atoms with Crippen LogP contribution in [0, 0.1) is 0 Å². The molecule has 1 aromatic rings. The fourth-order valence-electron chi connectivity index (χ4n) is 2.11. The summed E-state index contributed by atoms with van der Waals surface area (Å²) in [4.78, 5) is 12.8. The largest absolute Gasteiger partial charge is 0.348 e. The number of carbonyl (C=O) groups excluding carboxylic acids is 1. The van der Waals surface area contributed by atoms with E-state index in [1.165, 1.54) is 6.42 Å². The molecule has 1 fully saturated rings. The maximum absolute atomic E-state index is 11.7. The highest BCUT2D eigenvalue weighted by molar-refractivity contribution is 7.10. The van der Waals surface area contributed by atoms with Gasteiger partial charge in [0.2, 0.25) is 5.91 Å². The van der Waals surface area contributed by atoms with Crippen molar-refractivity contribution in [2.24, 2.45) is 5.73 Å². The minimum absolute atomic E-state index is 0.0410. The number of carbonyl (C=O) groups is 1. The lowest BCUT2D eigenvalue weighted by Gasteiger charge is -2.28. The molecule has 2 unspecified atom stereocenters. The van der Waals surface area contributed by atoms with Gasteiger partial charge in [-0.1, -0.05) is 18.9 Å². The second kappa shape index (κ2) is 5.98. The topological polar surface area (TPSA) is 55.1 Å². The minimum Gasteiger partial charge on any atom is -0.348 e. The van der Waals surface area contributed by atoms with Crippen molar-refractivity contribution in [1.82, 2.24) is 5.32 Å². The van der Waals surface area contributed by atoms with Gasteiger partial charge in [0, 0.05) is 23.0 Å². The Hall–Kier alpha value is -1.13. The van der Waals surface area contributed by atoms with Crippen LogP contribution >= 0.6 is 11.3 Å². The van der Waals surface area contributed by atoms with E-state index in [2.05, 4.69) is 5.32 Å². The standard InChI is InChI=1S/C13H18N2OS/c14-11-5-1-2-6-12(11)15-13(16)8-7-10-4-3-9-17-10/h3-4,7-9,11-12H,1-2,5-6,14H2,(H,15,16)/b8-7+. The van der Waals surface area contributed by atoms with Crippen molar-refractivity contribution in [1.29, 1.82) is 0 Å². The molecule has 4 heteroatoms. The Bertz CT molecular complexity index is 386. The number of amides is 1. The SMILES string of the molecule is NC1CCCCC1NC(=O)/C=C/c1cccs1. The van der Waals surface area contributed by atoms with Gasteiger partial charge in [0.15, 0.2) is 0 Å². The van der Waals surface area contributed by atoms with Crippen LogP contribution in [-0.2, 0) is 4.79 Å². The summed E-state index contributed by atoms with van der Waals surface area (Å²) in [5.74, 6) is -0.0410.